The maximum absolute atomic E-state index is 12.9. The van der Waals surface area contributed by atoms with E-state index in [2.05, 4.69) is 10.4 Å². The highest BCUT2D eigenvalue weighted by Gasteiger charge is 2.07. The first-order valence-corrected chi connectivity index (χ1v) is 5.52. The summed E-state index contributed by atoms with van der Waals surface area (Å²) in [4.78, 5) is 0. The molecule has 1 heterocycles. The molecule has 0 saturated heterocycles. The molecule has 8 heteroatoms. The Hall–Kier alpha value is -1.60. The summed E-state index contributed by atoms with van der Waals surface area (Å²) in [6, 6.07) is 4.64. The van der Waals surface area contributed by atoms with E-state index in [-0.39, 0.29) is 25.5 Å². The zero-order chi connectivity index (χ0) is 13.8. The summed E-state index contributed by atoms with van der Waals surface area (Å²) in [6.07, 6.45) is 1.17. The van der Waals surface area contributed by atoms with Gasteiger partial charge in [0, 0.05) is 25.4 Å². The van der Waals surface area contributed by atoms with E-state index >= 15 is 0 Å². The highest BCUT2D eigenvalue weighted by Crippen LogP contribution is 2.10. The van der Waals surface area contributed by atoms with E-state index in [1.165, 1.54) is 24.4 Å². The molecule has 0 aliphatic carbocycles. The summed E-state index contributed by atoms with van der Waals surface area (Å²) in [7, 11) is 0. The molecule has 0 aliphatic heterocycles. The van der Waals surface area contributed by atoms with Crippen molar-refractivity contribution in [3.8, 4) is 0 Å². The molecular weight excluding hydrogens is 298 g/mol. The van der Waals surface area contributed by atoms with Crippen LogP contribution in [0.25, 0.3) is 0 Å². The lowest BCUT2D eigenvalue weighted by Crippen LogP contribution is -2.14. The Morgan fingerprint density at radius 3 is 2.30 bits per heavy atom. The van der Waals surface area contributed by atoms with Gasteiger partial charge in [0.2, 0.25) is 0 Å². The summed E-state index contributed by atoms with van der Waals surface area (Å²) < 4.78 is 50.9. The van der Waals surface area contributed by atoms with Gasteiger partial charge in [-0.25, -0.2) is 13.5 Å². The monoisotopic (exact) mass is 309 g/mol. The smallest absolute Gasteiger partial charge is 0.307 e. The first-order chi connectivity index (χ1) is 9.04. The van der Waals surface area contributed by atoms with Crippen LogP contribution in [-0.2, 0) is 13.1 Å². The van der Waals surface area contributed by atoms with Crippen molar-refractivity contribution >= 4 is 12.4 Å². The number of hydrogen-bond acceptors (Lipinski definition) is 2. The molecule has 0 fully saturated rings. The first-order valence-electron chi connectivity index (χ1n) is 5.52. The molecule has 2 aromatic rings. The minimum atomic E-state index is -2.67. The number of alkyl halides is 2. The minimum absolute atomic E-state index is 0. The molecular formula is C12H12ClF4N3. The van der Waals surface area contributed by atoms with Gasteiger partial charge >= 0.3 is 6.55 Å². The molecule has 0 aliphatic rings. The van der Waals surface area contributed by atoms with Gasteiger partial charge in [0.1, 0.15) is 11.6 Å². The van der Waals surface area contributed by atoms with E-state index in [9.17, 15) is 17.6 Å². The van der Waals surface area contributed by atoms with Crippen LogP contribution in [0.5, 0.6) is 0 Å². The van der Waals surface area contributed by atoms with Crippen LogP contribution in [0.4, 0.5) is 17.6 Å². The molecule has 0 bridgehead atoms. The van der Waals surface area contributed by atoms with Gasteiger partial charge < -0.3 is 5.32 Å². The molecule has 1 N–H and O–H groups in total. The Bertz CT molecular complexity index is 539. The Labute approximate surface area is 119 Å². The van der Waals surface area contributed by atoms with E-state index in [1.807, 2.05) is 0 Å². The van der Waals surface area contributed by atoms with Crippen LogP contribution in [0, 0.1) is 11.6 Å². The van der Waals surface area contributed by atoms with Crippen LogP contribution in [-0.4, -0.2) is 9.78 Å². The molecule has 1 aromatic carbocycles. The maximum atomic E-state index is 12.9. The van der Waals surface area contributed by atoms with Gasteiger partial charge in [0.05, 0.1) is 5.69 Å². The molecule has 20 heavy (non-hydrogen) atoms. The molecule has 0 atom stereocenters. The fourth-order valence-electron chi connectivity index (χ4n) is 1.63. The van der Waals surface area contributed by atoms with Crippen LogP contribution in [0.3, 0.4) is 0 Å². The average molecular weight is 310 g/mol. The third-order valence-electron chi connectivity index (χ3n) is 2.42. The lowest BCUT2D eigenvalue weighted by atomic mass is 10.2. The number of rotatable bonds is 5. The van der Waals surface area contributed by atoms with Crippen molar-refractivity contribution in [2.24, 2.45) is 0 Å². The van der Waals surface area contributed by atoms with Crippen molar-refractivity contribution in [1.29, 1.82) is 0 Å². The molecule has 110 valence electrons. The normalized spacial score (nSPS) is 10.7. The maximum Gasteiger partial charge on any atom is 0.333 e. The van der Waals surface area contributed by atoms with E-state index in [4.69, 9.17) is 0 Å². The number of nitrogens with one attached hydrogen (secondary N) is 1. The van der Waals surface area contributed by atoms with Crippen LogP contribution < -0.4 is 5.32 Å². The molecule has 2 rings (SSSR count). The highest BCUT2D eigenvalue weighted by atomic mass is 35.5. The predicted octanol–water partition coefficient (Wildman–Crippen LogP) is 3.27. The molecule has 0 amide bonds. The standard InChI is InChI=1S/C12H11F4N3.ClH/c13-9-3-8(4-10(14)5-9)6-17-7-11-1-2-19(18-11)12(15)16;/h1-5,12,17H,6-7H2;1H. The molecule has 0 radical (unpaired) electrons. The molecule has 0 spiro atoms. The largest absolute Gasteiger partial charge is 0.333 e. The lowest BCUT2D eigenvalue weighted by Gasteiger charge is -2.04. The van der Waals surface area contributed by atoms with Crippen molar-refractivity contribution in [3.05, 3.63) is 53.4 Å². The summed E-state index contributed by atoms with van der Waals surface area (Å²) in [5.41, 5.74) is 0.864. The molecule has 1 aromatic heterocycles. The molecule has 0 unspecified atom stereocenters. The Morgan fingerprint density at radius 2 is 1.75 bits per heavy atom. The van der Waals surface area contributed by atoms with Gasteiger partial charge in [-0.2, -0.15) is 13.9 Å². The Balaban J connectivity index is 0.00000200. The van der Waals surface area contributed by atoms with Crippen LogP contribution in [0.1, 0.15) is 17.8 Å². The lowest BCUT2D eigenvalue weighted by molar-refractivity contribution is 0.0561. The average Bonchev–Trinajstić information content (AvgIpc) is 2.76. The quantitative estimate of drug-likeness (QED) is 0.859. The van der Waals surface area contributed by atoms with Crippen molar-refractivity contribution in [2.75, 3.05) is 0 Å². The SMILES string of the molecule is Cl.Fc1cc(F)cc(CNCc2ccn(C(F)F)n2)c1. The number of hydrogen-bond donors (Lipinski definition) is 1. The summed E-state index contributed by atoms with van der Waals surface area (Å²) in [5.74, 6) is -1.31. The van der Waals surface area contributed by atoms with Crippen molar-refractivity contribution in [2.45, 2.75) is 19.6 Å². The van der Waals surface area contributed by atoms with Gasteiger partial charge in [0.25, 0.3) is 0 Å². The van der Waals surface area contributed by atoms with Crippen LogP contribution in [0.15, 0.2) is 30.5 Å². The van der Waals surface area contributed by atoms with Crippen molar-refractivity contribution < 1.29 is 17.6 Å². The topological polar surface area (TPSA) is 29.9 Å². The zero-order valence-corrected chi connectivity index (χ0v) is 11.0. The fourth-order valence-corrected chi connectivity index (χ4v) is 1.63. The van der Waals surface area contributed by atoms with Crippen molar-refractivity contribution in [3.63, 3.8) is 0 Å². The van der Waals surface area contributed by atoms with E-state index in [0.29, 0.717) is 15.9 Å². The van der Waals surface area contributed by atoms with Gasteiger partial charge in [-0.1, -0.05) is 0 Å². The van der Waals surface area contributed by atoms with Gasteiger partial charge in [-0.3, -0.25) is 0 Å². The minimum Gasteiger partial charge on any atom is -0.307 e. The Morgan fingerprint density at radius 1 is 1.10 bits per heavy atom. The number of aromatic nitrogens is 2. The van der Waals surface area contributed by atoms with E-state index < -0.39 is 18.2 Å². The van der Waals surface area contributed by atoms with Gasteiger partial charge in [-0.05, 0) is 23.8 Å². The van der Waals surface area contributed by atoms with Crippen LogP contribution in [0.2, 0.25) is 0 Å². The molecule has 3 nitrogen and oxygen atoms in total. The number of halogens is 5. The second-order valence-corrected chi connectivity index (χ2v) is 3.95. The second-order valence-electron chi connectivity index (χ2n) is 3.95. The first kappa shape index (κ1) is 16.5. The van der Waals surface area contributed by atoms with Crippen LogP contribution >= 0.6 is 12.4 Å². The number of nitrogens with zero attached hydrogens (tertiary/aromatic N) is 2. The third kappa shape index (κ3) is 4.50. The summed E-state index contributed by atoms with van der Waals surface area (Å²) in [5, 5.41) is 6.50. The van der Waals surface area contributed by atoms with E-state index in [0.717, 1.165) is 6.07 Å². The predicted molar refractivity (Wildman–Crippen MR) is 67.6 cm³/mol. The van der Waals surface area contributed by atoms with Gasteiger partial charge in [0.15, 0.2) is 0 Å². The Kier molecular flexibility index (Phi) is 5.97. The van der Waals surface area contributed by atoms with E-state index in [1.54, 1.807) is 0 Å². The third-order valence-corrected chi connectivity index (χ3v) is 2.42. The van der Waals surface area contributed by atoms with Gasteiger partial charge in [-0.15, -0.1) is 12.4 Å². The fraction of sp³-hybridized carbons (Fsp3) is 0.250. The zero-order valence-electron chi connectivity index (χ0n) is 10.2. The summed E-state index contributed by atoms with van der Waals surface area (Å²) >= 11 is 0. The summed E-state index contributed by atoms with van der Waals surface area (Å²) in [6.45, 7) is -2.22. The van der Waals surface area contributed by atoms with Crippen molar-refractivity contribution in [1.82, 2.24) is 15.1 Å². The highest BCUT2D eigenvalue weighted by molar-refractivity contribution is 5.85. The second kappa shape index (κ2) is 7.25. The molecule has 0 saturated carbocycles. The number of benzene rings is 1.